The minimum Gasteiger partial charge on any atom is -0.378 e. The van der Waals surface area contributed by atoms with E-state index in [1.807, 2.05) is 11.8 Å². The van der Waals surface area contributed by atoms with Gasteiger partial charge in [-0.05, 0) is 80.5 Å². The summed E-state index contributed by atoms with van der Waals surface area (Å²) in [5.41, 5.74) is 6.69. The highest BCUT2D eigenvalue weighted by molar-refractivity contribution is 8.14. The summed E-state index contributed by atoms with van der Waals surface area (Å²) in [4.78, 5) is 5.08. The molecule has 3 nitrogen and oxygen atoms in total. The van der Waals surface area contributed by atoms with Gasteiger partial charge >= 0.3 is 0 Å². The van der Waals surface area contributed by atoms with Crippen LogP contribution >= 0.6 is 11.8 Å². The maximum atomic E-state index is 6.72. The monoisotopic (exact) mass is 404 g/mol. The Bertz CT molecular complexity index is 653. The van der Waals surface area contributed by atoms with Crippen molar-refractivity contribution in [2.75, 3.05) is 6.61 Å². The van der Waals surface area contributed by atoms with Crippen LogP contribution in [0, 0.1) is 34.5 Å². The van der Waals surface area contributed by atoms with Gasteiger partial charge in [0.25, 0.3) is 0 Å². The van der Waals surface area contributed by atoms with Crippen LogP contribution in [0.25, 0.3) is 0 Å². The van der Waals surface area contributed by atoms with E-state index in [-0.39, 0.29) is 11.1 Å². The summed E-state index contributed by atoms with van der Waals surface area (Å²) in [6.07, 6.45) is 15.1. The van der Waals surface area contributed by atoms with E-state index in [0.717, 1.165) is 41.9 Å². The topological polar surface area (TPSA) is 47.6 Å². The van der Waals surface area contributed by atoms with Crippen molar-refractivity contribution in [2.45, 2.75) is 102 Å². The van der Waals surface area contributed by atoms with Gasteiger partial charge in [0.15, 0.2) is 10.9 Å². The van der Waals surface area contributed by atoms with Gasteiger partial charge in [-0.25, -0.2) is 4.99 Å². The van der Waals surface area contributed by atoms with Gasteiger partial charge in [-0.2, -0.15) is 0 Å². The lowest BCUT2D eigenvalue weighted by Crippen LogP contribution is -2.57. The lowest BCUT2D eigenvalue weighted by Gasteiger charge is -2.61. The van der Waals surface area contributed by atoms with E-state index in [1.165, 1.54) is 64.2 Å². The first-order valence-corrected chi connectivity index (χ1v) is 13.0. The predicted octanol–water partition coefficient (Wildman–Crippen LogP) is 5.97. The van der Waals surface area contributed by atoms with E-state index in [4.69, 9.17) is 15.5 Å². The first kappa shape index (κ1) is 19.7. The van der Waals surface area contributed by atoms with Crippen LogP contribution in [0.5, 0.6) is 0 Å². The summed E-state index contributed by atoms with van der Waals surface area (Å²) < 4.78 is 6.72. The zero-order chi connectivity index (χ0) is 19.6. The molecule has 0 saturated heterocycles. The number of amidine groups is 1. The molecule has 4 fully saturated rings. The standard InChI is InChI=1S/C24H40N2OS/c1-4-5-14-27-24-20(28-21(25)26-24)15-19-17-10-9-16-8-6-7-12-22(16,2)18(17)11-13-23(19,24)3/h16-20H,4-15H2,1-3H3,(H2,25,26)/t16-,17+,18+,19+,20+,22-,23-,24+/m0/s1. The minimum atomic E-state index is -0.350. The Morgan fingerprint density at radius 2 is 1.96 bits per heavy atom. The van der Waals surface area contributed by atoms with Gasteiger partial charge in [0, 0.05) is 12.0 Å². The third-order valence-corrected chi connectivity index (χ3v) is 11.2. The highest BCUT2D eigenvalue weighted by atomic mass is 32.2. The number of ether oxygens (including phenoxy) is 1. The molecule has 1 heterocycles. The van der Waals surface area contributed by atoms with Crippen LogP contribution in [0.1, 0.15) is 91.4 Å². The van der Waals surface area contributed by atoms with Crippen LogP contribution in [0.15, 0.2) is 4.99 Å². The molecule has 8 atom stereocenters. The fourth-order valence-corrected chi connectivity index (χ4v) is 9.91. The van der Waals surface area contributed by atoms with Gasteiger partial charge in [-0.3, -0.25) is 0 Å². The number of nitrogens with two attached hydrogens (primary N) is 1. The van der Waals surface area contributed by atoms with E-state index >= 15 is 0 Å². The Kier molecular flexibility index (Phi) is 4.86. The highest BCUT2D eigenvalue weighted by Gasteiger charge is 2.71. The molecule has 2 N–H and O–H groups in total. The molecule has 28 heavy (non-hydrogen) atoms. The average molecular weight is 405 g/mol. The molecule has 0 aromatic heterocycles. The zero-order valence-corrected chi connectivity index (χ0v) is 19.0. The van der Waals surface area contributed by atoms with Crippen molar-refractivity contribution in [2.24, 2.45) is 45.2 Å². The van der Waals surface area contributed by atoms with Crippen molar-refractivity contribution in [1.29, 1.82) is 0 Å². The van der Waals surface area contributed by atoms with Gasteiger partial charge in [-0.1, -0.05) is 51.8 Å². The van der Waals surface area contributed by atoms with Gasteiger partial charge in [0.1, 0.15) is 0 Å². The fourth-order valence-electron chi connectivity index (χ4n) is 8.58. The number of nitrogens with zero attached hydrogens (tertiary/aromatic N) is 1. The molecule has 4 saturated carbocycles. The van der Waals surface area contributed by atoms with E-state index in [2.05, 4.69) is 20.8 Å². The number of thioether (sulfide) groups is 1. The van der Waals surface area contributed by atoms with Crippen LogP contribution in [0.2, 0.25) is 0 Å². The molecular weight excluding hydrogens is 364 g/mol. The Morgan fingerprint density at radius 1 is 1.11 bits per heavy atom. The summed E-state index contributed by atoms with van der Waals surface area (Å²) in [6, 6.07) is 0. The third-order valence-electron chi connectivity index (χ3n) is 10.1. The van der Waals surface area contributed by atoms with Crippen molar-refractivity contribution in [3.05, 3.63) is 0 Å². The molecule has 0 unspecified atom stereocenters. The van der Waals surface area contributed by atoms with E-state index in [9.17, 15) is 0 Å². The SMILES string of the molecule is CCCCO[C@]12N=C(N)S[C@@H]1C[C@@H]1[C@@H]3CC[C@@H]4CCCC[C@]4(C)[C@@H]3CC[C@@]12C. The number of hydrogen-bond donors (Lipinski definition) is 1. The zero-order valence-electron chi connectivity index (χ0n) is 18.2. The van der Waals surface area contributed by atoms with Gasteiger partial charge < -0.3 is 10.5 Å². The lowest BCUT2D eigenvalue weighted by atomic mass is 9.45. The molecule has 4 heteroatoms. The first-order chi connectivity index (χ1) is 13.4. The summed E-state index contributed by atoms with van der Waals surface area (Å²) >= 11 is 1.82. The van der Waals surface area contributed by atoms with Crippen molar-refractivity contribution < 1.29 is 4.74 Å². The summed E-state index contributed by atoms with van der Waals surface area (Å²) in [6.45, 7) is 8.27. The second-order valence-corrected chi connectivity index (χ2v) is 12.3. The van der Waals surface area contributed by atoms with Crippen molar-refractivity contribution in [1.82, 2.24) is 0 Å². The largest absolute Gasteiger partial charge is 0.378 e. The molecule has 0 radical (unpaired) electrons. The Hall–Kier alpha value is -0.220. The Morgan fingerprint density at radius 3 is 2.79 bits per heavy atom. The minimum absolute atomic E-state index is 0.165. The van der Waals surface area contributed by atoms with Gasteiger partial charge in [-0.15, -0.1) is 0 Å². The number of unbranched alkanes of at least 4 members (excludes halogenated alkanes) is 1. The predicted molar refractivity (Wildman–Crippen MR) is 118 cm³/mol. The lowest BCUT2D eigenvalue weighted by molar-refractivity contribution is -0.168. The van der Waals surface area contributed by atoms with Crippen molar-refractivity contribution >= 4 is 16.9 Å². The number of fused-ring (bicyclic) bond motifs is 7. The molecule has 0 bridgehead atoms. The summed E-state index contributed by atoms with van der Waals surface area (Å²) in [5, 5.41) is 1.21. The van der Waals surface area contributed by atoms with E-state index < -0.39 is 0 Å². The second kappa shape index (κ2) is 6.90. The molecule has 0 amide bonds. The average Bonchev–Trinajstić information content (AvgIpc) is 3.11. The number of hydrogen-bond acceptors (Lipinski definition) is 4. The highest BCUT2D eigenvalue weighted by Crippen LogP contribution is 2.71. The molecule has 0 aromatic rings. The molecule has 4 aliphatic carbocycles. The number of rotatable bonds is 4. The van der Waals surface area contributed by atoms with Crippen molar-refractivity contribution in [3.63, 3.8) is 0 Å². The quantitative estimate of drug-likeness (QED) is 0.587. The molecular formula is C24H40N2OS. The van der Waals surface area contributed by atoms with Crippen molar-refractivity contribution in [3.8, 4) is 0 Å². The van der Waals surface area contributed by atoms with E-state index in [0.29, 0.717) is 10.7 Å². The second-order valence-electron chi connectivity index (χ2n) is 11.0. The summed E-state index contributed by atoms with van der Waals surface area (Å²) in [5.74, 6) is 3.57. The third kappa shape index (κ3) is 2.55. The van der Waals surface area contributed by atoms with Gasteiger partial charge in [0.05, 0.1) is 5.25 Å². The molecule has 5 rings (SSSR count). The fraction of sp³-hybridized carbons (Fsp3) is 0.958. The maximum Gasteiger partial charge on any atom is 0.179 e. The van der Waals surface area contributed by atoms with Crippen LogP contribution < -0.4 is 5.73 Å². The van der Waals surface area contributed by atoms with Crippen LogP contribution in [-0.2, 0) is 4.74 Å². The maximum absolute atomic E-state index is 6.72. The first-order valence-electron chi connectivity index (χ1n) is 12.1. The normalized spacial score (nSPS) is 52.4. The Labute approximate surface area is 176 Å². The van der Waals surface area contributed by atoms with Crippen LogP contribution in [0.4, 0.5) is 0 Å². The number of aliphatic imine (C=N–C) groups is 1. The van der Waals surface area contributed by atoms with Gasteiger partial charge in [0.2, 0.25) is 0 Å². The molecule has 1 aliphatic heterocycles. The summed E-state index contributed by atoms with van der Waals surface area (Å²) in [7, 11) is 0. The smallest absolute Gasteiger partial charge is 0.179 e. The van der Waals surface area contributed by atoms with Crippen LogP contribution in [-0.4, -0.2) is 22.7 Å². The Balaban J connectivity index is 1.46. The molecule has 5 aliphatic rings. The van der Waals surface area contributed by atoms with Crippen LogP contribution in [0.3, 0.4) is 0 Å². The molecule has 158 valence electrons. The molecule has 0 aromatic carbocycles. The molecule has 0 spiro atoms. The van der Waals surface area contributed by atoms with E-state index in [1.54, 1.807) is 0 Å².